The van der Waals surface area contributed by atoms with Crippen LogP contribution in [0.1, 0.15) is 31.4 Å². The molecule has 2 heterocycles. The summed E-state index contributed by atoms with van der Waals surface area (Å²) in [6.45, 7) is 0.505. The molecule has 1 aliphatic heterocycles. The number of amides is 1. The highest BCUT2D eigenvalue weighted by atomic mass is 16.4. The number of hydrogen-bond acceptors (Lipinski definition) is 3. The lowest BCUT2D eigenvalue weighted by molar-refractivity contribution is -0.148. The van der Waals surface area contributed by atoms with E-state index in [1.807, 2.05) is 0 Å². The van der Waals surface area contributed by atoms with Gasteiger partial charge < -0.3 is 10.0 Å². The summed E-state index contributed by atoms with van der Waals surface area (Å²) >= 11 is 0. The fraction of sp³-hybridized carbons (Fsp3) is 0.500. The van der Waals surface area contributed by atoms with E-state index in [-0.39, 0.29) is 5.91 Å². The van der Waals surface area contributed by atoms with Crippen molar-refractivity contribution in [3.8, 4) is 0 Å². The molecule has 1 N–H and O–H groups in total. The topological polar surface area (TPSA) is 75.4 Å². The van der Waals surface area contributed by atoms with E-state index in [0.29, 0.717) is 13.0 Å². The number of carboxylic acids is 1. The van der Waals surface area contributed by atoms with Gasteiger partial charge in [0, 0.05) is 25.9 Å². The van der Waals surface area contributed by atoms with Crippen LogP contribution in [0.3, 0.4) is 0 Å². The molecule has 0 bridgehead atoms. The minimum Gasteiger partial charge on any atom is -0.480 e. The van der Waals surface area contributed by atoms with Gasteiger partial charge in [0.2, 0.25) is 5.91 Å². The van der Waals surface area contributed by atoms with E-state index in [9.17, 15) is 14.7 Å². The third-order valence-electron chi connectivity index (χ3n) is 3.58. The number of hydrogen-bond donors (Lipinski definition) is 1. The Balaban J connectivity index is 2.11. The van der Waals surface area contributed by atoms with Gasteiger partial charge in [-0.3, -0.25) is 9.48 Å². The third kappa shape index (κ3) is 3.26. The number of aliphatic carboxylic acids is 1. The van der Waals surface area contributed by atoms with E-state index in [0.717, 1.165) is 25.0 Å². The van der Waals surface area contributed by atoms with Crippen LogP contribution in [0, 0.1) is 0 Å². The Bertz CT molecular complexity index is 521. The molecule has 0 saturated carbocycles. The van der Waals surface area contributed by atoms with Crippen LogP contribution in [0.25, 0.3) is 6.08 Å². The lowest BCUT2D eigenvalue weighted by atomic mass is 10.1. The van der Waals surface area contributed by atoms with Crippen LogP contribution in [-0.4, -0.2) is 44.3 Å². The second-order valence-electron chi connectivity index (χ2n) is 4.95. The zero-order valence-electron chi connectivity index (χ0n) is 11.5. The standard InChI is InChI=1S/C14H19N3O3/c1-16-11(8-9-15-16)6-7-13(18)17-10-4-2-3-5-12(17)14(19)20/h6-9,12H,2-5,10H2,1H3,(H,19,20). The summed E-state index contributed by atoms with van der Waals surface area (Å²) in [6.07, 6.45) is 7.95. The molecule has 1 amide bonds. The highest BCUT2D eigenvalue weighted by Crippen LogP contribution is 2.17. The number of aryl methyl sites for hydroxylation is 1. The summed E-state index contributed by atoms with van der Waals surface area (Å²) in [4.78, 5) is 25.0. The average Bonchev–Trinajstić information content (AvgIpc) is 2.67. The molecule has 0 aromatic carbocycles. The molecule has 0 radical (unpaired) electrons. The van der Waals surface area contributed by atoms with Gasteiger partial charge in [0.25, 0.3) is 0 Å². The predicted octanol–water partition coefficient (Wildman–Crippen LogP) is 1.29. The fourth-order valence-electron chi connectivity index (χ4n) is 2.43. The molecule has 6 heteroatoms. The van der Waals surface area contributed by atoms with Crippen molar-refractivity contribution in [1.29, 1.82) is 0 Å². The maximum Gasteiger partial charge on any atom is 0.326 e. The van der Waals surface area contributed by atoms with Gasteiger partial charge in [-0.25, -0.2) is 4.79 Å². The molecule has 1 saturated heterocycles. The van der Waals surface area contributed by atoms with Crippen molar-refractivity contribution >= 4 is 18.0 Å². The minimum atomic E-state index is -0.922. The molecular weight excluding hydrogens is 258 g/mol. The van der Waals surface area contributed by atoms with E-state index in [2.05, 4.69) is 5.10 Å². The highest BCUT2D eigenvalue weighted by molar-refractivity contribution is 5.94. The first kappa shape index (κ1) is 14.3. The lowest BCUT2D eigenvalue weighted by Crippen LogP contribution is -2.43. The molecule has 2 rings (SSSR count). The van der Waals surface area contributed by atoms with Crippen molar-refractivity contribution in [2.45, 2.75) is 31.7 Å². The molecule has 6 nitrogen and oxygen atoms in total. The number of nitrogens with zero attached hydrogens (tertiary/aromatic N) is 3. The molecule has 0 aliphatic carbocycles. The summed E-state index contributed by atoms with van der Waals surface area (Å²) in [7, 11) is 1.79. The third-order valence-corrected chi connectivity index (χ3v) is 3.58. The maximum absolute atomic E-state index is 12.2. The summed E-state index contributed by atoms with van der Waals surface area (Å²) in [6, 6.07) is 1.09. The summed E-state index contributed by atoms with van der Waals surface area (Å²) in [5, 5.41) is 13.3. The minimum absolute atomic E-state index is 0.250. The van der Waals surface area contributed by atoms with E-state index < -0.39 is 12.0 Å². The molecule has 1 unspecified atom stereocenters. The van der Waals surface area contributed by atoms with Gasteiger partial charge in [0.1, 0.15) is 6.04 Å². The second kappa shape index (κ2) is 6.36. The Labute approximate surface area is 117 Å². The first-order chi connectivity index (χ1) is 9.59. The molecular formula is C14H19N3O3. The van der Waals surface area contributed by atoms with E-state index >= 15 is 0 Å². The zero-order valence-corrected chi connectivity index (χ0v) is 11.5. The normalized spacial score (nSPS) is 20.1. The number of carboxylic acid groups (broad SMARTS) is 1. The predicted molar refractivity (Wildman–Crippen MR) is 73.8 cm³/mol. The summed E-state index contributed by atoms with van der Waals surface area (Å²) in [5.41, 5.74) is 0.806. The second-order valence-corrected chi connectivity index (χ2v) is 4.95. The molecule has 1 atom stereocenters. The van der Waals surface area contributed by atoms with E-state index in [1.165, 1.54) is 11.0 Å². The first-order valence-electron chi connectivity index (χ1n) is 6.79. The van der Waals surface area contributed by atoms with Crippen molar-refractivity contribution < 1.29 is 14.7 Å². The van der Waals surface area contributed by atoms with Gasteiger partial charge in [0.15, 0.2) is 0 Å². The Kier molecular flexibility index (Phi) is 4.55. The number of carbonyl (C=O) groups is 2. The van der Waals surface area contributed by atoms with Gasteiger partial charge in [-0.15, -0.1) is 0 Å². The Hall–Kier alpha value is -2.11. The number of rotatable bonds is 3. The Morgan fingerprint density at radius 1 is 1.40 bits per heavy atom. The lowest BCUT2D eigenvalue weighted by Gasteiger charge is -2.25. The molecule has 108 valence electrons. The fourth-order valence-corrected chi connectivity index (χ4v) is 2.43. The summed E-state index contributed by atoms with van der Waals surface area (Å²) < 4.78 is 1.65. The van der Waals surface area contributed by atoms with Gasteiger partial charge in [-0.2, -0.15) is 5.10 Å². The van der Waals surface area contributed by atoms with Crippen molar-refractivity contribution in [2.24, 2.45) is 7.05 Å². The van der Waals surface area contributed by atoms with Crippen molar-refractivity contribution in [3.63, 3.8) is 0 Å². The zero-order chi connectivity index (χ0) is 14.5. The highest BCUT2D eigenvalue weighted by Gasteiger charge is 2.29. The van der Waals surface area contributed by atoms with Gasteiger partial charge in [0.05, 0.1) is 5.69 Å². The quantitative estimate of drug-likeness (QED) is 0.845. The van der Waals surface area contributed by atoms with Crippen LogP contribution in [0.15, 0.2) is 18.3 Å². The molecule has 1 aliphatic rings. The van der Waals surface area contributed by atoms with Crippen LogP contribution < -0.4 is 0 Å². The Morgan fingerprint density at radius 2 is 2.20 bits per heavy atom. The van der Waals surface area contributed by atoms with Gasteiger partial charge >= 0.3 is 5.97 Å². The smallest absolute Gasteiger partial charge is 0.326 e. The van der Waals surface area contributed by atoms with Crippen LogP contribution in [0.4, 0.5) is 0 Å². The number of carbonyl (C=O) groups excluding carboxylic acids is 1. The van der Waals surface area contributed by atoms with Crippen molar-refractivity contribution in [2.75, 3.05) is 6.54 Å². The Morgan fingerprint density at radius 3 is 2.85 bits per heavy atom. The molecule has 0 spiro atoms. The molecule has 20 heavy (non-hydrogen) atoms. The van der Waals surface area contributed by atoms with Gasteiger partial charge in [-0.05, 0) is 25.0 Å². The van der Waals surface area contributed by atoms with Crippen LogP contribution in [0.5, 0.6) is 0 Å². The van der Waals surface area contributed by atoms with Crippen molar-refractivity contribution in [1.82, 2.24) is 14.7 Å². The maximum atomic E-state index is 12.2. The number of likely N-dealkylation sites (tertiary alicyclic amines) is 1. The SMILES string of the molecule is Cn1nccc1C=CC(=O)N1CCCCCC1C(=O)O. The number of aromatic nitrogens is 2. The molecule has 1 fully saturated rings. The molecule has 1 aromatic rings. The van der Waals surface area contributed by atoms with Crippen LogP contribution in [0.2, 0.25) is 0 Å². The first-order valence-corrected chi connectivity index (χ1v) is 6.79. The monoisotopic (exact) mass is 277 g/mol. The summed E-state index contributed by atoms with van der Waals surface area (Å²) in [5.74, 6) is -1.17. The van der Waals surface area contributed by atoms with E-state index in [1.54, 1.807) is 30.1 Å². The van der Waals surface area contributed by atoms with Gasteiger partial charge in [-0.1, -0.05) is 12.8 Å². The van der Waals surface area contributed by atoms with E-state index in [4.69, 9.17) is 0 Å². The van der Waals surface area contributed by atoms with Crippen LogP contribution >= 0.6 is 0 Å². The van der Waals surface area contributed by atoms with Crippen molar-refractivity contribution in [3.05, 3.63) is 24.0 Å². The largest absolute Gasteiger partial charge is 0.480 e. The van der Waals surface area contributed by atoms with Crippen LogP contribution in [-0.2, 0) is 16.6 Å². The molecule has 1 aromatic heterocycles. The average molecular weight is 277 g/mol.